The van der Waals surface area contributed by atoms with Crippen LogP contribution in [0.4, 0.5) is 4.79 Å². The van der Waals surface area contributed by atoms with E-state index in [-0.39, 0.29) is 18.6 Å². The van der Waals surface area contributed by atoms with Crippen molar-refractivity contribution in [2.75, 3.05) is 26.2 Å². The van der Waals surface area contributed by atoms with Gasteiger partial charge in [0.1, 0.15) is 0 Å². The molecule has 1 aliphatic heterocycles. The molecule has 1 aliphatic rings. The van der Waals surface area contributed by atoms with Gasteiger partial charge in [0.2, 0.25) is 5.91 Å². The van der Waals surface area contributed by atoms with E-state index in [1.54, 1.807) is 0 Å². The normalized spacial score (nSPS) is 19.5. The number of rotatable bonds is 7. The Morgan fingerprint density at radius 2 is 2.10 bits per heavy atom. The number of urea groups is 1. The lowest BCUT2D eigenvalue weighted by Crippen LogP contribution is -2.48. The summed E-state index contributed by atoms with van der Waals surface area (Å²) in [5.74, 6) is -0.238. The van der Waals surface area contributed by atoms with Gasteiger partial charge in [0, 0.05) is 19.2 Å². The SMILES string of the molecule is CCNC(=O)NC(=O)CN1CCCC[C@H]1CCOC(C)C. The smallest absolute Gasteiger partial charge is 0.321 e. The molecule has 0 aromatic rings. The van der Waals surface area contributed by atoms with Gasteiger partial charge in [-0.25, -0.2) is 4.79 Å². The van der Waals surface area contributed by atoms with Crippen LogP contribution >= 0.6 is 0 Å². The Labute approximate surface area is 127 Å². The topological polar surface area (TPSA) is 70.7 Å². The van der Waals surface area contributed by atoms with E-state index in [4.69, 9.17) is 4.74 Å². The summed E-state index contributed by atoms with van der Waals surface area (Å²) < 4.78 is 5.60. The molecular weight excluding hydrogens is 270 g/mol. The Kier molecular flexibility index (Phi) is 8.30. The number of carbonyl (C=O) groups is 2. The van der Waals surface area contributed by atoms with Crippen molar-refractivity contribution in [3.63, 3.8) is 0 Å². The predicted molar refractivity (Wildman–Crippen MR) is 82.1 cm³/mol. The van der Waals surface area contributed by atoms with Crippen LogP contribution in [0.2, 0.25) is 0 Å². The molecule has 1 rings (SSSR count). The molecule has 0 aromatic carbocycles. The molecule has 3 amide bonds. The van der Waals surface area contributed by atoms with Crippen LogP contribution in [-0.4, -0.2) is 55.2 Å². The lowest BCUT2D eigenvalue weighted by atomic mass is 9.99. The van der Waals surface area contributed by atoms with Crippen molar-refractivity contribution < 1.29 is 14.3 Å². The summed E-state index contributed by atoms with van der Waals surface area (Å²) in [6.45, 7) is 8.30. The first-order valence-electron chi connectivity index (χ1n) is 7.96. The van der Waals surface area contributed by atoms with E-state index in [1.807, 2.05) is 20.8 Å². The predicted octanol–water partition coefficient (Wildman–Crippen LogP) is 1.50. The number of ether oxygens (including phenoxy) is 1. The van der Waals surface area contributed by atoms with E-state index in [1.165, 1.54) is 6.42 Å². The molecule has 1 atom stereocenters. The summed E-state index contributed by atoms with van der Waals surface area (Å²) in [5, 5.41) is 4.92. The largest absolute Gasteiger partial charge is 0.379 e. The van der Waals surface area contributed by atoms with E-state index in [0.29, 0.717) is 12.6 Å². The van der Waals surface area contributed by atoms with Gasteiger partial charge in [-0.1, -0.05) is 6.42 Å². The highest BCUT2D eigenvalue weighted by Crippen LogP contribution is 2.19. The van der Waals surface area contributed by atoms with Crippen LogP contribution in [0.1, 0.15) is 46.5 Å². The molecular formula is C15H29N3O3. The fraction of sp³-hybridized carbons (Fsp3) is 0.867. The minimum Gasteiger partial charge on any atom is -0.379 e. The summed E-state index contributed by atoms with van der Waals surface area (Å²) in [4.78, 5) is 25.4. The van der Waals surface area contributed by atoms with Gasteiger partial charge in [0.15, 0.2) is 0 Å². The Morgan fingerprint density at radius 1 is 1.33 bits per heavy atom. The van der Waals surface area contributed by atoms with Crippen LogP contribution < -0.4 is 10.6 Å². The molecule has 1 heterocycles. The lowest BCUT2D eigenvalue weighted by Gasteiger charge is -2.35. The summed E-state index contributed by atoms with van der Waals surface area (Å²) in [7, 11) is 0. The summed E-state index contributed by atoms with van der Waals surface area (Å²) in [6.07, 6.45) is 4.57. The molecule has 0 spiro atoms. The fourth-order valence-corrected chi connectivity index (χ4v) is 2.59. The average Bonchev–Trinajstić information content (AvgIpc) is 2.40. The van der Waals surface area contributed by atoms with Crippen LogP contribution in [0.3, 0.4) is 0 Å². The molecule has 1 fully saturated rings. The van der Waals surface area contributed by atoms with Crippen LogP contribution in [0, 0.1) is 0 Å². The highest BCUT2D eigenvalue weighted by Gasteiger charge is 2.24. The van der Waals surface area contributed by atoms with E-state index < -0.39 is 6.03 Å². The molecule has 6 heteroatoms. The van der Waals surface area contributed by atoms with Crippen molar-refractivity contribution in [1.29, 1.82) is 0 Å². The van der Waals surface area contributed by atoms with Crippen LogP contribution in [0.25, 0.3) is 0 Å². The second-order valence-corrected chi connectivity index (χ2v) is 5.74. The van der Waals surface area contributed by atoms with Gasteiger partial charge in [-0.2, -0.15) is 0 Å². The van der Waals surface area contributed by atoms with Crippen molar-refractivity contribution in [2.45, 2.75) is 58.6 Å². The third kappa shape index (κ3) is 7.43. The maximum atomic E-state index is 11.9. The number of amides is 3. The van der Waals surface area contributed by atoms with Crippen LogP contribution in [0.15, 0.2) is 0 Å². The number of hydrogen-bond donors (Lipinski definition) is 2. The average molecular weight is 299 g/mol. The minimum absolute atomic E-state index is 0.238. The van der Waals surface area contributed by atoms with E-state index >= 15 is 0 Å². The van der Waals surface area contributed by atoms with Gasteiger partial charge in [0.05, 0.1) is 12.6 Å². The number of nitrogens with one attached hydrogen (secondary N) is 2. The molecule has 21 heavy (non-hydrogen) atoms. The molecule has 1 saturated heterocycles. The first-order chi connectivity index (χ1) is 10.0. The van der Waals surface area contributed by atoms with Crippen molar-refractivity contribution in [3.8, 4) is 0 Å². The Bertz CT molecular complexity index is 334. The van der Waals surface area contributed by atoms with Gasteiger partial charge in [-0.3, -0.25) is 15.0 Å². The molecule has 0 aliphatic carbocycles. The standard InChI is InChI=1S/C15H29N3O3/c1-4-16-15(20)17-14(19)11-18-9-6-5-7-13(18)8-10-21-12(2)3/h12-13H,4-11H2,1-3H3,(H2,16,17,19,20)/t13-/m0/s1. The highest BCUT2D eigenvalue weighted by atomic mass is 16.5. The zero-order valence-corrected chi connectivity index (χ0v) is 13.5. The maximum absolute atomic E-state index is 11.9. The van der Waals surface area contributed by atoms with Gasteiger partial charge in [-0.15, -0.1) is 0 Å². The lowest BCUT2D eigenvalue weighted by molar-refractivity contribution is -0.122. The minimum atomic E-state index is -0.417. The van der Waals surface area contributed by atoms with Crippen LogP contribution in [0.5, 0.6) is 0 Å². The number of nitrogens with zero attached hydrogens (tertiary/aromatic N) is 1. The van der Waals surface area contributed by atoms with Crippen molar-refractivity contribution in [1.82, 2.24) is 15.5 Å². The quantitative estimate of drug-likeness (QED) is 0.747. The first-order valence-corrected chi connectivity index (χ1v) is 7.96. The first kappa shape index (κ1) is 17.9. The monoisotopic (exact) mass is 299 g/mol. The van der Waals surface area contributed by atoms with Gasteiger partial charge in [0.25, 0.3) is 0 Å². The highest BCUT2D eigenvalue weighted by molar-refractivity contribution is 5.95. The van der Waals surface area contributed by atoms with E-state index in [2.05, 4.69) is 15.5 Å². The fourth-order valence-electron chi connectivity index (χ4n) is 2.59. The van der Waals surface area contributed by atoms with Gasteiger partial charge in [-0.05, 0) is 46.6 Å². The Morgan fingerprint density at radius 3 is 2.76 bits per heavy atom. The van der Waals surface area contributed by atoms with Crippen LogP contribution in [-0.2, 0) is 9.53 Å². The Balaban J connectivity index is 2.38. The van der Waals surface area contributed by atoms with Crippen molar-refractivity contribution >= 4 is 11.9 Å². The molecule has 0 unspecified atom stereocenters. The van der Waals surface area contributed by atoms with E-state index in [0.717, 1.165) is 32.4 Å². The number of piperidine rings is 1. The summed E-state index contributed by atoms with van der Waals surface area (Å²) in [5.41, 5.74) is 0. The summed E-state index contributed by atoms with van der Waals surface area (Å²) in [6, 6.07) is -0.0447. The zero-order valence-electron chi connectivity index (χ0n) is 13.5. The number of likely N-dealkylation sites (tertiary alicyclic amines) is 1. The maximum Gasteiger partial charge on any atom is 0.321 e. The second-order valence-electron chi connectivity index (χ2n) is 5.74. The zero-order chi connectivity index (χ0) is 15.7. The molecule has 122 valence electrons. The van der Waals surface area contributed by atoms with E-state index in [9.17, 15) is 9.59 Å². The number of imide groups is 1. The second kappa shape index (κ2) is 9.73. The molecule has 6 nitrogen and oxygen atoms in total. The molecule has 0 bridgehead atoms. The molecule has 2 N–H and O–H groups in total. The van der Waals surface area contributed by atoms with Crippen molar-refractivity contribution in [2.24, 2.45) is 0 Å². The number of carbonyl (C=O) groups excluding carboxylic acids is 2. The molecule has 0 saturated carbocycles. The Hall–Kier alpha value is -1.14. The molecule has 0 aromatic heterocycles. The van der Waals surface area contributed by atoms with Gasteiger partial charge < -0.3 is 10.1 Å². The summed E-state index contributed by atoms with van der Waals surface area (Å²) >= 11 is 0. The molecule has 0 radical (unpaired) electrons. The number of hydrogen-bond acceptors (Lipinski definition) is 4. The third-order valence-corrected chi connectivity index (χ3v) is 3.59. The third-order valence-electron chi connectivity index (χ3n) is 3.59. The van der Waals surface area contributed by atoms with Gasteiger partial charge >= 0.3 is 6.03 Å². The van der Waals surface area contributed by atoms with Crippen molar-refractivity contribution in [3.05, 3.63) is 0 Å².